The van der Waals surface area contributed by atoms with Crippen LogP contribution >= 0.6 is 0 Å². The molecule has 5 nitrogen and oxygen atoms in total. The van der Waals surface area contributed by atoms with E-state index in [2.05, 4.69) is 10.1 Å². The number of carbonyl (C=O) groups is 1. The van der Waals surface area contributed by atoms with E-state index in [1.807, 2.05) is 13.8 Å². The third-order valence-electron chi connectivity index (χ3n) is 4.56. The van der Waals surface area contributed by atoms with E-state index in [1.165, 1.54) is 12.1 Å². The van der Waals surface area contributed by atoms with Gasteiger partial charge < -0.3 is 14.4 Å². The lowest BCUT2D eigenvalue weighted by Gasteiger charge is -2.26. The van der Waals surface area contributed by atoms with Gasteiger partial charge in [0, 0.05) is 47.7 Å². The first-order chi connectivity index (χ1) is 11.5. The average Bonchev–Trinajstić information content (AvgIpc) is 3.18. The number of halogens is 1. The molecular weight excluding hydrogens is 309 g/mol. The molecule has 0 spiro atoms. The van der Waals surface area contributed by atoms with Gasteiger partial charge in [-0.05, 0) is 24.1 Å². The normalized spacial score (nSPS) is 14.4. The Kier molecular flexibility index (Phi) is 3.40. The van der Waals surface area contributed by atoms with Crippen LogP contribution in [0.2, 0.25) is 0 Å². The Morgan fingerprint density at radius 3 is 2.96 bits per heavy atom. The molecule has 0 radical (unpaired) electrons. The summed E-state index contributed by atoms with van der Waals surface area (Å²) in [5.41, 5.74) is 3.72. The molecule has 1 amide bonds. The van der Waals surface area contributed by atoms with E-state index in [0.717, 1.165) is 27.9 Å². The van der Waals surface area contributed by atoms with E-state index < -0.39 is 0 Å². The number of hydrogen-bond acceptors (Lipinski definition) is 3. The van der Waals surface area contributed by atoms with Crippen molar-refractivity contribution in [3.63, 3.8) is 0 Å². The highest BCUT2D eigenvalue weighted by atomic mass is 19.1. The smallest absolute Gasteiger partial charge is 0.292 e. The van der Waals surface area contributed by atoms with Crippen LogP contribution in [0.1, 0.15) is 47.3 Å². The maximum Gasteiger partial charge on any atom is 0.292 e. The number of nitrogens with zero attached hydrogens (tertiary/aromatic N) is 2. The van der Waals surface area contributed by atoms with Gasteiger partial charge in [-0.2, -0.15) is 0 Å². The topological polar surface area (TPSA) is 62.1 Å². The predicted octanol–water partition coefficient (Wildman–Crippen LogP) is 3.62. The molecule has 0 atom stereocenters. The number of H-pyrrole nitrogens is 1. The highest BCUT2D eigenvalue weighted by molar-refractivity contribution is 5.92. The van der Waals surface area contributed by atoms with Crippen LogP contribution in [0.3, 0.4) is 0 Å². The summed E-state index contributed by atoms with van der Waals surface area (Å²) in [4.78, 5) is 17.7. The van der Waals surface area contributed by atoms with Crippen LogP contribution < -0.4 is 0 Å². The van der Waals surface area contributed by atoms with Crippen molar-refractivity contribution in [2.45, 2.75) is 32.7 Å². The van der Waals surface area contributed by atoms with Gasteiger partial charge >= 0.3 is 0 Å². The number of aromatic amines is 1. The number of benzene rings is 1. The molecule has 6 heteroatoms. The highest BCUT2D eigenvalue weighted by Crippen LogP contribution is 2.29. The first-order valence-corrected chi connectivity index (χ1v) is 8.08. The molecule has 0 saturated heterocycles. The fourth-order valence-electron chi connectivity index (χ4n) is 3.18. The zero-order valence-corrected chi connectivity index (χ0v) is 13.6. The van der Waals surface area contributed by atoms with Gasteiger partial charge in [-0.25, -0.2) is 4.39 Å². The second kappa shape index (κ2) is 5.47. The van der Waals surface area contributed by atoms with Gasteiger partial charge in [-0.3, -0.25) is 4.79 Å². The molecule has 0 saturated carbocycles. The minimum atomic E-state index is -0.274. The Labute approximate surface area is 138 Å². The molecule has 3 aromatic rings. The monoisotopic (exact) mass is 327 g/mol. The molecule has 0 bridgehead atoms. The van der Waals surface area contributed by atoms with E-state index in [9.17, 15) is 9.18 Å². The molecule has 2 aromatic heterocycles. The summed E-state index contributed by atoms with van der Waals surface area (Å²) in [6.07, 6.45) is 0.711. The minimum Gasteiger partial charge on any atom is -0.358 e. The number of fused-ring (bicyclic) bond motifs is 3. The first kappa shape index (κ1) is 14.9. The Hall–Kier alpha value is -2.63. The van der Waals surface area contributed by atoms with Crippen molar-refractivity contribution >= 4 is 16.8 Å². The van der Waals surface area contributed by atoms with E-state index in [1.54, 1.807) is 17.0 Å². The van der Waals surface area contributed by atoms with Crippen LogP contribution in [-0.2, 0) is 13.0 Å². The van der Waals surface area contributed by atoms with Crippen LogP contribution in [0.15, 0.2) is 28.8 Å². The quantitative estimate of drug-likeness (QED) is 0.782. The zero-order chi connectivity index (χ0) is 16.8. The molecule has 0 fully saturated rings. The summed E-state index contributed by atoms with van der Waals surface area (Å²) in [7, 11) is 0. The van der Waals surface area contributed by atoms with Gasteiger partial charge in [0.1, 0.15) is 5.82 Å². The third-order valence-corrected chi connectivity index (χ3v) is 4.56. The van der Waals surface area contributed by atoms with Gasteiger partial charge in [-0.15, -0.1) is 0 Å². The molecule has 124 valence electrons. The molecule has 4 rings (SSSR count). The number of carbonyl (C=O) groups excluding carboxylic acids is 1. The van der Waals surface area contributed by atoms with Crippen LogP contribution in [0.5, 0.6) is 0 Å². The number of amides is 1. The van der Waals surface area contributed by atoms with Gasteiger partial charge in [-0.1, -0.05) is 19.0 Å². The minimum absolute atomic E-state index is 0.175. The second-order valence-corrected chi connectivity index (χ2v) is 6.52. The third kappa shape index (κ3) is 2.38. The molecule has 1 N–H and O–H groups in total. The number of hydrogen-bond donors (Lipinski definition) is 1. The van der Waals surface area contributed by atoms with Crippen molar-refractivity contribution in [2.24, 2.45) is 0 Å². The van der Waals surface area contributed by atoms with E-state index in [0.29, 0.717) is 19.5 Å². The maximum atomic E-state index is 13.6. The standard InChI is InChI=1S/C18H18FN3O2/c1-10(2)16-8-17(24-21-16)18(23)22-6-5-15-13(9-22)12-7-11(19)3-4-14(12)20-15/h3-4,7-8,10,20H,5-6,9H2,1-2H3. The lowest BCUT2D eigenvalue weighted by atomic mass is 10.0. The van der Waals surface area contributed by atoms with Crippen molar-refractivity contribution in [3.8, 4) is 0 Å². The molecule has 0 aliphatic carbocycles. The lowest BCUT2D eigenvalue weighted by Crippen LogP contribution is -2.35. The summed E-state index contributed by atoms with van der Waals surface area (Å²) in [5.74, 6) is 0.0170. The number of aromatic nitrogens is 2. The molecule has 3 heterocycles. The molecule has 24 heavy (non-hydrogen) atoms. The van der Waals surface area contributed by atoms with E-state index in [4.69, 9.17) is 4.52 Å². The fourth-order valence-corrected chi connectivity index (χ4v) is 3.18. The van der Waals surface area contributed by atoms with Crippen molar-refractivity contribution in [1.29, 1.82) is 0 Å². The summed E-state index contributed by atoms with van der Waals surface area (Å²) in [6, 6.07) is 6.40. The number of rotatable bonds is 2. The average molecular weight is 327 g/mol. The van der Waals surface area contributed by atoms with Crippen LogP contribution in [0.25, 0.3) is 10.9 Å². The van der Waals surface area contributed by atoms with Gasteiger partial charge in [0.25, 0.3) is 5.91 Å². The molecule has 0 unspecified atom stereocenters. The summed E-state index contributed by atoms with van der Waals surface area (Å²) < 4.78 is 18.8. The Morgan fingerprint density at radius 1 is 1.38 bits per heavy atom. The first-order valence-electron chi connectivity index (χ1n) is 8.08. The van der Waals surface area contributed by atoms with E-state index >= 15 is 0 Å². The van der Waals surface area contributed by atoms with Crippen molar-refractivity contribution in [1.82, 2.24) is 15.0 Å². The van der Waals surface area contributed by atoms with Gasteiger partial charge in [0.15, 0.2) is 0 Å². The summed E-state index contributed by atoms with van der Waals surface area (Å²) >= 11 is 0. The van der Waals surface area contributed by atoms with Crippen LogP contribution in [0, 0.1) is 5.82 Å². The summed E-state index contributed by atoms with van der Waals surface area (Å²) in [6.45, 7) is 5.04. The number of nitrogens with one attached hydrogen (secondary N) is 1. The molecular formula is C18H18FN3O2. The van der Waals surface area contributed by atoms with Crippen molar-refractivity contribution in [2.75, 3.05) is 6.54 Å². The van der Waals surface area contributed by atoms with E-state index in [-0.39, 0.29) is 23.4 Å². The lowest BCUT2D eigenvalue weighted by molar-refractivity contribution is 0.0692. The van der Waals surface area contributed by atoms with Crippen LogP contribution in [-0.4, -0.2) is 27.5 Å². The second-order valence-electron chi connectivity index (χ2n) is 6.52. The van der Waals surface area contributed by atoms with Gasteiger partial charge in [0.2, 0.25) is 5.76 Å². The van der Waals surface area contributed by atoms with Crippen molar-refractivity contribution in [3.05, 3.63) is 52.8 Å². The molecule has 1 aliphatic rings. The highest BCUT2D eigenvalue weighted by Gasteiger charge is 2.27. The maximum absolute atomic E-state index is 13.6. The van der Waals surface area contributed by atoms with Gasteiger partial charge in [0.05, 0.1) is 5.69 Å². The fraction of sp³-hybridized carbons (Fsp3) is 0.333. The van der Waals surface area contributed by atoms with Crippen LogP contribution in [0.4, 0.5) is 4.39 Å². The Bertz CT molecular complexity index is 926. The molecule has 1 aromatic carbocycles. The SMILES string of the molecule is CC(C)c1cc(C(=O)N2CCc3[nH]c4ccc(F)cc4c3C2)on1. The summed E-state index contributed by atoms with van der Waals surface area (Å²) in [5, 5.41) is 4.79. The largest absolute Gasteiger partial charge is 0.358 e. The Morgan fingerprint density at radius 2 is 2.21 bits per heavy atom. The Balaban J connectivity index is 1.64. The predicted molar refractivity (Wildman–Crippen MR) is 87.3 cm³/mol. The molecule has 1 aliphatic heterocycles. The zero-order valence-electron chi connectivity index (χ0n) is 13.6. The van der Waals surface area contributed by atoms with Crippen molar-refractivity contribution < 1.29 is 13.7 Å².